The molecule has 13 heteroatoms. The highest BCUT2D eigenvalue weighted by molar-refractivity contribution is 8.00. The van der Waals surface area contributed by atoms with E-state index in [0.717, 1.165) is 24.2 Å². The average Bonchev–Trinajstić information content (AvgIpc) is 3.11. The van der Waals surface area contributed by atoms with Crippen molar-refractivity contribution in [3.63, 3.8) is 0 Å². The first-order valence-electron chi connectivity index (χ1n) is 8.83. The van der Waals surface area contributed by atoms with E-state index in [1.807, 2.05) is 6.92 Å². The van der Waals surface area contributed by atoms with E-state index in [2.05, 4.69) is 15.5 Å². The van der Waals surface area contributed by atoms with Gasteiger partial charge in [-0.15, -0.1) is 34.7 Å². The second-order valence-corrected chi connectivity index (χ2v) is 9.31. The number of thiazole rings is 1. The quantitative estimate of drug-likeness (QED) is 0.168. The number of carboxylic acid groups (broad SMARTS) is 1. The van der Waals surface area contributed by atoms with Gasteiger partial charge in [0.05, 0.1) is 6.54 Å². The molecule has 0 aromatic carbocycles. The number of hydrogen-bond donors (Lipinski definition) is 3. The Morgan fingerprint density at radius 3 is 2.97 bits per heavy atom. The highest BCUT2D eigenvalue weighted by atomic mass is 35.5. The highest BCUT2D eigenvalue weighted by Crippen LogP contribution is 2.41. The van der Waals surface area contributed by atoms with Gasteiger partial charge in [-0.3, -0.25) is 14.4 Å². The molecule has 0 saturated carbocycles. The zero-order chi connectivity index (χ0) is 21.2. The van der Waals surface area contributed by atoms with Gasteiger partial charge < -0.3 is 25.9 Å². The normalized spacial score (nSPS) is 26.5. The van der Waals surface area contributed by atoms with Crippen LogP contribution in [0.3, 0.4) is 0 Å². The molecule has 3 heterocycles. The van der Waals surface area contributed by atoms with Gasteiger partial charge >= 0.3 is 5.97 Å². The number of unbranched alkanes of at least 4 members (excludes halogenated alkanes) is 1. The number of anilines is 1. The van der Waals surface area contributed by atoms with E-state index in [9.17, 15) is 19.5 Å². The zero-order valence-electron chi connectivity index (χ0n) is 15.5. The SMILES string of the molecule is CCCCON=C(C(=O)NC1C(=O)N2CC(Cl)(C(=O)O)CS[C@H]12)c1csc(N)n1. The molecule has 1 aromatic rings. The number of thioether (sulfide) groups is 1. The lowest BCUT2D eigenvalue weighted by atomic mass is 10.0. The van der Waals surface area contributed by atoms with Gasteiger partial charge in [0.2, 0.25) is 5.91 Å². The van der Waals surface area contributed by atoms with Gasteiger partial charge in [0, 0.05) is 11.1 Å². The molecule has 2 fully saturated rings. The predicted molar refractivity (Wildman–Crippen MR) is 110 cm³/mol. The molecule has 2 amide bonds. The average molecular weight is 462 g/mol. The van der Waals surface area contributed by atoms with Crippen molar-refractivity contribution in [1.82, 2.24) is 15.2 Å². The fourth-order valence-electron chi connectivity index (χ4n) is 2.80. The Balaban J connectivity index is 1.69. The van der Waals surface area contributed by atoms with Crippen molar-refractivity contribution in [1.29, 1.82) is 0 Å². The van der Waals surface area contributed by atoms with Crippen LogP contribution in [0.5, 0.6) is 0 Å². The summed E-state index contributed by atoms with van der Waals surface area (Å²) in [6.07, 6.45) is 1.68. The maximum Gasteiger partial charge on any atom is 0.327 e. The summed E-state index contributed by atoms with van der Waals surface area (Å²) in [5.41, 5.74) is 5.83. The van der Waals surface area contributed by atoms with E-state index in [-0.39, 0.29) is 34.2 Å². The van der Waals surface area contributed by atoms with Crippen LogP contribution < -0.4 is 11.1 Å². The van der Waals surface area contributed by atoms with E-state index in [1.165, 1.54) is 16.7 Å². The van der Waals surface area contributed by atoms with Crippen LogP contribution in [0.4, 0.5) is 5.13 Å². The number of carbonyl (C=O) groups excluding carboxylic acids is 2. The number of halogens is 1. The lowest BCUT2D eigenvalue weighted by Gasteiger charge is -2.52. The smallest absolute Gasteiger partial charge is 0.327 e. The Labute approximate surface area is 179 Å². The zero-order valence-corrected chi connectivity index (χ0v) is 17.9. The van der Waals surface area contributed by atoms with Crippen molar-refractivity contribution >= 4 is 63.3 Å². The number of nitrogens with one attached hydrogen (secondary N) is 1. The molecule has 158 valence electrons. The third-order valence-corrected chi connectivity index (χ3v) is 7.21. The van der Waals surface area contributed by atoms with Gasteiger partial charge in [-0.05, 0) is 6.42 Å². The van der Waals surface area contributed by atoms with Gasteiger partial charge in [-0.25, -0.2) is 4.98 Å². The number of nitrogen functional groups attached to an aromatic ring is 1. The molecule has 2 unspecified atom stereocenters. The van der Waals surface area contributed by atoms with Crippen LogP contribution >= 0.6 is 34.7 Å². The molecule has 0 spiro atoms. The Hall–Kier alpha value is -2.05. The van der Waals surface area contributed by atoms with Crippen molar-refractivity contribution in [2.45, 2.75) is 36.1 Å². The second kappa shape index (κ2) is 8.76. The minimum absolute atomic E-state index is 0.0710. The fourth-order valence-corrected chi connectivity index (χ4v) is 5.05. The van der Waals surface area contributed by atoms with Crippen molar-refractivity contribution in [3.8, 4) is 0 Å². The minimum Gasteiger partial charge on any atom is -0.480 e. The molecule has 0 aliphatic carbocycles. The molecule has 4 N–H and O–H groups in total. The molecule has 0 bridgehead atoms. The maximum atomic E-state index is 12.8. The van der Waals surface area contributed by atoms with Crippen LogP contribution in [0.1, 0.15) is 25.5 Å². The topological polar surface area (TPSA) is 147 Å². The van der Waals surface area contributed by atoms with Crippen LogP contribution in [0.25, 0.3) is 0 Å². The van der Waals surface area contributed by atoms with E-state index in [4.69, 9.17) is 22.2 Å². The molecule has 29 heavy (non-hydrogen) atoms. The Bertz CT molecular complexity index is 849. The molecule has 0 radical (unpaired) electrons. The number of aromatic nitrogens is 1. The number of amides is 2. The number of nitrogens with zero attached hydrogens (tertiary/aromatic N) is 3. The standard InChI is InChI=1S/C16H20ClN5O5S2/c1-2-3-4-27-21-9(8-5-28-15(18)19-8)11(23)20-10-12(24)22-6-16(17,14(25)26)7-29-13(10)22/h5,10,13H,2-4,6-7H2,1H3,(H2,18,19)(H,20,23)(H,25,26)/t10?,13-,16?/m1/s1. The third kappa shape index (κ3) is 4.43. The van der Waals surface area contributed by atoms with E-state index >= 15 is 0 Å². The molecule has 2 aliphatic heterocycles. The first-order valence-corrected chi connectivity index (χ1v) is 11.1. The summed E-state index contributed by atoms with van der Waals surface area (Å²) in [7, 11) is 0. The lowest BCUT2D eigenvalue weighted by Crippen LogP contribution is -2.74. The number of aliphatic carboxylic acids is 1. The number of hydrogen-bond acceptors (Lipinski definition) is 9. The molecule has 3 rings (SSSR count). The van der Waals surface area contributed by atoms with Crippen molar-refractivity contribution in [3.05, 3.63) is 11.1 Å². The molecular formula is C16H20ClN5O5S2. The van der Waals surface area contributed by atoms with Crippen molar-refractivity contribution in [2.24, 2.45) is 5.16 Å². The van der Waals surface area contributed by atoms with Gasteiger partial charge in [0.1, 0.15) is 23.7 Å². The minimum atomic E-state index is -1.52. The molecule has 3 atom stereocenters. The molecular weight excluding hydrogens is 442 g/mol. The summed E-state index contributed by atoms with van der Waals surface area (Å²) in [5.74, 6) is -2.07. The van der Waals surface area contributed by atoms with Gasteiger partial charge in [-0.1, -0.05) is 18.5 Å². The second-order valence-electron chi connectivity index (χ2n) is 6.59. The number of nitrogens with two attached hydrogens (primary N) is 1. The summed E-state index contributed by atoms with van der Waals surface area (Å²) in [5, 5.41) is 17.2. The van der Waals surface area contributed by atoms with Gasteiger partial charge in [0.25, 0.3) is 5.91 Å². The summed E-state index contributed by atoms with van der Waals surface area (Å²) in [6.45, 7) is 2.22. The first-order chi connectivity index (χ1) is 13.8. The van der Waals surface area contributed by atoms with Crippen LogP contribution in [-0.2, 0) is 19.2 Å². The Morgan fingerprint density at radius 1 is 1.59 bits per heavy atom. The number of fused-ring (bicyclic) bond motifs is 1. The van der Waals surface area contributed by atoms with E-state index in [0.29, 0.717) is 6.61 Å². The van der Waals surface area contributed by atoms with Crippen molar-refractivity contribution in [2.75, 3.05) is 24.6 Å². The largest absolute Gasteiger partial charge is 0.480 e. The van der Waals surface area contributed by atoms with Crippen LogP contribution in [0, 0.1) is 0 Å². The monoisotopic (exact) mass is 461 g/mol. The van der Waals surface area contributed by atoms with Crippen LogP contribution in [0.2, 0.25) is 0 Å². The number of oxime groups is 1. The summed E-state index contributed by atoms with van der Waals surface area (Å²) < 4.78 is 0. The number of carboxylic acids is 1. The Kier molecular flexibility index (Phi) is 6.54. The summed E-state index contributed by atoms with van der Waals surface area (Å²) in [4.78, 5) is 45.6. The summed E-state index contributed by atoms with van der Waals surface area (Å²) >= 11 is 8.45. The molecule has 10 nitrogen and oxygen atoms in total. The van der Waals surface area contributed by atoms with E-state index in [1.54, 1.807) is 5.38 Å². The first kappa shape index (κ1) is 21.7. The molecule has 2 saturated heterocycles. The predicted octanol–water partition coefficient (Wildman–Crippen LogP) is 0.708. The van der Waals surface area contributed by atoms with Gasteiger partial charge in [-0.2, -0.15) is 0 Å². The molecule has 2 aliphatic rings. The third-order valence-electron chi connectivity index (χ3n) is 4.44. The number of rotatable bonds is 8. The maximum absolute atomic E-state index is 12.8. The molecule has 1 aromatic heterocycles. The van der Waals surface area contributed by atoms with E-state index < -0.39 is 28.7 Å². The van der Waals surface area contributed by atoms with Crippen LogP contribution in [0.15, 0.2) is 10.5 Å². The lowest BCUT2D eigenvalue weighted by molar-refractivity contribution is -0.151. The summed E-state index contributed by atoms with van der Waals surface area (Å²) in [6, 6.07) is -0.806. The fraction of sp³-hybridized carbons (Fsp3) is 0.562. The highest BCUT2D eigenvalue weighted by Gasteiger charge is 2.57. The number of β-lactam (4-membered cyclic amide) rings is 1. The Morgan fingerprint density at radius 2 is 2.34 bits per heavy atom. The van der Waals surface area contributed by atoms with Crippen molar-refractivity contribution < 1.29 is 24.3 Å². The van der Waals surface area contributed by atoms with Gasteiger partial charge in [0.15, 0.2) is 15.7 Å². The number of carbonyl (C=O) groups is 3. The van der Waals surface area contributed by atoms with Crippen LogP contribution in [-0.4, -0.2) is 73.7 Å². The number of alkyl halides is 1.